The number of hydrogen-bond donors (Lipinski definition) is 2. The van der Waals surface area contributed by atoms with Crippen molar-refractivity contribution in [1.82, 2.24) is 5.32 Å². The minimum Gasteiger partial charge on any atom is -0.461 e. The van der Waals surface area contributed by atoms with Crippen LogP contribution in [0.15, 0.2) is 126 Å². The van der Waals surface area contributed by atoms with Crippen LogP contribution in [-0.4, -0.2) is 89.8 Å². The molecular weight excluding hydrogens is 723 g/mol. The van der Waals surface area contributed by atoms with Crippen molar-refractivity contribution in [2.45, 2.75) is 89.3 Å². The average molecular weight is 790 g/mol. The summed E-state index contributed by atoms with van der Waals surface area (Å²) >= 11 is 0. The highest BCUT2D eigenvalue weighted by molar-refractivity contribution is 5.70. The van der Waals surface area contributed by atoms with Gasteiger partial charge in [0.1, 0.15) is 13.2 Å². The fourth-order valence-corrected chi connectivity index (χ4v) is 5.19. The second-order valence-corrected chi connectivity index (χ2v) is 13.2. The van der Waals surface area contributed by atoms with Crippen LogP contribution < -0.4 is 11.1 Å². The molecule has 0 saturated heterocycles. The zero-order chi connectivity index (χ0) is 40.7. The zero-order valence-electron chi connectivity index (χ0n) is 33.9. The molecule has 314 valence electrons. The van der Waals surface area contributed by atoms with Crippen molar-refractivity contribution in [3.8, 4) is 0 Å². The number of rotatable bonds is 7. The molecule has 2 atom stereocenters. The number of nitrogens with two attached hydrogens (primary N) is 1. The molecule has 2 aliphatic rings. The molecule has 0 amide bonds. The first-order chi connectivity index (χ1) is 28.0. The van der Waals surface area contributed by atoms with Crippen LogP contribution in [0.3, 0.4) is 0 Å². The lowest BCUT2D eigenvalue weighted by molar-refractivity contribution is -0.143. The number of esters is 2. The summed E-state index contributed by atoms with van der Waals surface area (Å²) in [6.07, 6.45) is 43.8. The van der Waals surface area contributed by atoms with E-state index in [9.17, 15) is 9.59 Å². The molecule has 2 heterocycles. The number of carbonyl (C=O) groups is 2. The van der Waals surface area contributed by atoms with Crippen molar-refractivity contribution < 1.29 is 38.0 Å². The van der Waals surface area contributed by atoms with Crippen LogP contribution in [0.25, 0.3) is 0 Å². The molecule has 11 nitrogen and oxygen atoms in total. The number of aliphatic imine (C=N–C) groups is 1. The second-order valence-electron chi connectivity index (χ2n) is 13.2. The fourth-order valence-electron chi connectivity index (χ4n) is 5.19. The van der Waals surface area contributed by atoms with E-state index in [1.807, 2.05) is 110 Å². The zero-order valence-corrected chi connectivity index (χ0v) is 33.9. The van der Waals surface area contributed by atoms with Crippen molar-refractivity contribution in [2.75, 3.05) is 59.4 Å². The van der Waals surface area contributed by atoms with Crippen LogP contribution in [0.4, 0.5) is 0 Å². The minimum absolute atomic E-state index is 0.0309. The van der Waals surface area contributed by atoms with Crippen LogP contribution in [0, 0.1) is 0 Å². The Bertz CT molecular complexity index is 1410. The third-order valence-corrected chi connectivity index (χ3v) is 8.35. The van der Waals surface area contributed by atoms with Crippen LogP contribution >= 0.6 is 0 Å². The molecule has 0 aromatic rings. The van der Waals surface area contributed by atoms with E-state index in [-0.39, 0.29) is 37.4 Å². The fraction of sp³-hybridized carbons (Fsp3) is 0.500. The van der Waals surface area contributed by atoms with Gasteiger partial charge in [0, 0.05) is 38.2 Å². The number of nitrogens with zero attached hydrogens (tertiary/aromatic N) is 1. The van der Waals surface area contributed by atoms with Crippen molar-refractivity contribution in [3.05, 3.63) is 121 Å². The van der Waals surface area contributed by atoms with Crippen molar-refractivity contribution in [2.24, 2.45) is 10.7 Å². The molecule has 2 aliphatic heterocycles. The van der Waals surface area contributed by atoms with Gasteiger partial charge in [-0.2, -0.15) is 0 Å². The Morgan fingerprint density at radius 1 is 0.632 bits per heavy atom. The highest BCUT2D eigenvalue weighted by Gasteiger charge is 2.12. The van der Waals surface area contributed by atoms with Gasteiger partial charge in [-0.15, -0.1) is 0 Å². The maximum absolute atomic E-state index is 12.1. The highest BCUT2D eigenvalue weighted by atomic mass is 16.5. The minimum atomic E-state index is -0.217. The van der Waals surface area contributed by atoms with Gasteiger partial charge < -0.3 is 39.5 Å². The normalized spacial score (nSPS) is 21.9. The Labute approximate surface area is 341 Å². The average Bonchev–Trinajstić information content (AvgIpc) is 3.72. The molecule has 0 spiro atoms. The molecule has 2 rings (SSSR count). The lowest BCUT2D eigenvalue weighted by Crippen LogP contribution is -2.28. The van der Waals surface area contributed by atoms with Crippen molar-refractivity contribution in [1.29, 1.82) is 0 Å². The molecule has 3 N–H and O–H groups in total. The van der Waals surface area contributed by atoms with Gasteiger partial charge in [-0.25, -0.2) is 0 Å². The van der Waals surface area contributed by atoms with E-state index in [0.29, 0.717) is 77.7 Å². The second kappa shape index (κ2) is 35.8. The van der Waals surface area contributed by atoms with Gasteiger partial charge in [-0.1, -0.05) is 104 Å². The Morgan fingerprint density at radius 3 is 1.56 bits per heavy atom. The predicted molar refractivity (Wildman–Crippen MR) is 229 cm³/mol. The third-order valence-electron chi connectivity index (χ3n) is 8.35. The Balaban J connectivity index is 1.84. The molecule has 11 heteroatoms. The van der Waals surface area contributed by atoms with Gasteiger partial charge in [-0.05, 0) is 63.4 Å². The first kappa shape index (κ1) is 48.6. The lowest BCUT2D eigenvalue weighted by atomic mass is 10.1. The maximum atomic E-state index is 12.1. The van der Waals surface area contributed by atoms with Crippen LogP contribution in [0.1, 0.15) is 77.0 Å². The van der Waals surface area contributed by atoms with Crippen molar-refractivity contribution >= 4 is 18.2 Å². The topological polar surface area (TPSA) is 140 Å². The van der Waals surface area contributed by atoms with Gasteiger partial charge in [0.05, 0.1) is 57.7 Å². The summed E-state index contributed by atoms with van der Waals surface area (Å²) in [5, 5.41) is 3.03. The molecule has 0 bridgehead atoms. The van der Waals surface area contributed by atoms with E-state index < -0.39 is 0 Å². The maximum Gasteiger partial charge on any atom is 0.306 e. The van der Waals surface area contributed by atoms with Crippen LogP contribution in [0.5, 0.6) is 0 Å². The molecule has 0 radical (unpaired) electrons. The molecule has 0 fully saturated rings. The van der Waals surface area contributed by atoms with E-state index in [0.717, 1.165) is 51.4 Å². The number of hydrogen-bond acceptors (Lipinski definition) is 11. The first-order valence-corrected chi connectivity index (χ1v) is 20.3. The SMILES string of the molecule is C=C(N)NCCC1COCC=CCC=CCCC(=O)OCC=CCC=CCOCC(CCC2=CN=CC2)OCC=CCC=CCOC(=O)CCC=CCC=CCO1. The number of ether oxygens (including phenoxy) is 6. The molecule has 0 aliphatic carbocycles. The van der Waals surface area contributed by atoms with E-state index >= 15 is 0 Å². The van der Waals surface area contributed by atoms with Gasteiger partial charge in [-0.3, -0.25) is 14.6 Å². The van der Waals surface area contributed by atoms with Gasteiger partial charge >= 0.3 is 11.9 Å². The summed E-state index contributed by atoms with van der Waals surface area (Å²) in [6, 6.07) is 0. The Hall–Kier alpha value is -4.55. The molecular formula is C46H67N3O8. The monoisotopic (exact) mass is 789 g/mol. The van der Waals surface area contributed by atoms with Gasteiger partial charge in [0.2, 0.25) is 0 Å². The molecule has 2 unspecified atom stereocenters. The van der Waals surface area contributed by atoms with E-state index in [2.05, 4.69) is 16.9 Å². The molecule has 0 saturated carbocycles. The summed E-state index contributed by atoms with van der Waals surface area (Å²) in [5.74, 6) is -0.00915. The predicted octanol–water partition coefficient (Wildman–Crippen LogP) is 8.01. The Morgan fingerprint density at radius 2 is 1.09 bits per heavy atom. The van der Waals surface area contributed by atoms with Crippen molar-refractivity contribution in [3.63, 3.8) is 0 Å². The standard InChI is InChI=1S/C46H67N3O8/c1-41(47)49-31-29-44-40-53-33-18-10-4-2-8-16-24-45(50)56-36-22-14-6-11-19-32-52-39-43(27-26-42-28-30-48-38-42)54-34-21-13-7-15-23-37-57-46(51)25-17-9-3-5-12-20-35-55-44/h2-3,8-15,18-23,30,38,43-44,49H,1,4-7,16-17,24-29,31-37,39-40,47H2. The van der Waals surface area contributed by atoms with E-state index in [1.165, 1.54) is 5.57 Å². The van der Waals surface area contributed by atoms with E-state index in [4.69, 9.17) is 34.2 Å². The quantitative estimate of drug-likeness (QED) is 0.193. The third kappa shape index (κ3) is 31.3. The number of nitrogens with one attached hydrogen (secondary N) is 1. The lowest BCUT2D eigenvalue weighted by Gasteiger charge is -2.17. The van der Waals surface area contributed by atoms with Crippen LogP contribution in [0.2, 0.25) is 0 Å². The summed E-state index contributed by atoms with van der Waals surface area (Å²) in [6.45, 7) is 7.69. The summed E-state index contributed by atoms with van der Waals surface area (Å²) in [5.41, 5.74) is 6.94. The van der Waals surface area contributed by atoms with Gasteiger partial charge in [0.25, 0.3) is 0 Å². The van der Waals surface area contributed by atoms with Gasteiger partial charge in [0.15, 0.2) is 0 Å². The smallest absolute Gasteiger partial charge is 0.306 e. The van der Waals surface area contributed by atoms with Crippen LogP contribution in [-0.2, 0) is 38.0 Å². The number of allylic oxidation sites excluding steroid dienone is 11. The molecule has 0 aromatic heterocycles. The first-order valence-electron chi connectivity index (χ1n) is 20.3. The molecule has 57 heavy (non-hydrogen) atoms. The number of carbonyl (C=O) groups excluding carboxylic acids is 2. The highest BCUT2D eigenvalue weighted by Crippen LogP contribution is 2.16. The summed E-state index contributed by atoms with van der Waals surface area (Å²) < 4.78 is 34.5. The van der Waals surface area contributed by atoms with E-state index in [1.54, 1.807) is 0 Å². The molecule has 0 aromatic carbocycles. The number of cyclic esters (lactones) is 2. The summed E-state index contributed by atoms with van der Waals surface area (Å²) in [4.78, 5) is 28.4. The summed E-state index contributed by atoms with van der Waals surface area (Å²) in [7, 11) is 0. The Kier molecular flexibility index (Phi) is 30.6. The largest absolute Gasteiger partial charge is 0.461 e.